The lowest BCUT2D eigenvalue weighted by Gasteiger charge is -2.24. The van der Waals surface area contributed by atoms with Crippen molar-refractivity contribution in [2.45, 2.75) is 33.7 Å². The van der Waals surface area contributed by atoms with Gasteiger partial charge >= 0.3 is 5.97 Å². The van der Waals surface area contributed by atoms with Crippen molar-refractivity contribution in [3.8, 4) is 0 Å². The van der Waals surface area contributed by atoms with E-state index in [1.807, 2.05) is 62.4 Å². The third-order valence-corrected chi connectivity index (χ3v) is 6.59. The van der Waals surface area contributed by atoms with Gasteiger partial charge in [0.15, 0.2) is 0 Å². The van der Waals surface area contributed by atoms with Gasteiger partial charge in [-0.2, -0.15) is 0 Å². The van der Waals surface area contributed by atoms with E-state index >= 15 is 0 Å². The molecule has 0 atom stereocenters. The number of Topliss-reactive ketones (excluding diaryl/α,β-unsaturated/α-hetero) is 1. The van der Waals surface area contributed by atoms with Gasteiger partial charge in [-0.3, -0.25) is 9.79 Å². The topological polar surface area (TPSA) is 80.9 Å². The summed E-state index contributed by atoms with van der Waals surface area (Å²) in [4.78, 5) is 29.8. The maximum absolute atomic E-state index is 13.5. The average molecular weight is 467 g/mol. The third kappa shape index (κ3) is 3.53. The molecule has 1 aliphatic carbocycles. The number of hydrogen-bond donors (Lipinski definition) is 1. The molecule has 35 heavy (non-hydrogen) atoms. The molecule has 0 fully saturated rings. The Hall–Kier alpha value is -4.19. The highest BCUT2D eigenvalue weighted by Gasteiger charge is 2.41. The number of benzene rings is 2. The number of nitrogens with zero attached hydrogens (tertiary/aromatic N) is 2. The molecule has 0 saturated heterocycles. The number of aliphatic hydroxyl groups excluding tert-OH is 1. The van der Waals surface area contributed by atoms with E-state index in [0.29, 0.717) is 35.3 Å². The van der Waals surface area contributed by atoms with Crippen LogP contribution in [0.2, 0.25) is 0 Å². The number of aliphatic hydroxyl groups is 1. The van der Waals surface area contributed by atoms with Crippen LogP contribution in [0, 0.1) is 6.92 Å². The molecular formula is C29H26N2O4. The fourth-order valence-corrected chi connectivity index (χ4v) is 4.94. The second-order valence-electron chi connectivity index (χ2n) is 8.92. The molecule has 1 N–H and O–H groups in total. The first-order valence-corrected chi connectivity index (χ1v) is 11.6. The van der Waals surface area contributed by atoms with Crippen molar-refractivity contribution in [1.29, 1.82) is 0 Å². The smallest absolute Gasteiger partial charge is 0.333 e. The molecule has 0 unspecified atom stereocenters. The molecule has 6 heteroatoms. The first-order valence-electron chi connectivity index (χ1n) is 11.6. The minimum Gasteiger partial charge on any atom is -0.506 e. The van der Waals surface area contributed by atoms with Crippen molar-refractivity contribution in [1.82, 2.24) is 4.57 Å². The largest absolute Gasteiger partial charge is 0.506 e. The number of hydrogen-bond acceptors (Lipinski definition) is 5. The van der Waals surface area contributed by atoms with E-state index in [1.54, 1.807) is 6.92 Å². The van der Waals surface area contributed by atoms with Crippen LogP contribution in [0.1, 0.15) is 37.1 Å². The van der Waals surface area contributed by atoms with Gasteiger partial charge in [0.05, 0.1) is 23.4 Å². The second-order valence-corrected chi connectivity index (χ2v) is 8.92. The third-order valence-electron chi connectivity index (χ3n) is 6.59. The highest BCUT2D eigenvalue weighted by atomic mass is 16.5. The zero-order valence-corrected chi connectivity index (χ0v) is 20.0. The van der Waals surface area contributed by atoms with Crippen LogP contribution in [0.3, 0.4) is 0 Å². The molecule has 2 heterocycles. The fraction of sp³-hybridized carbons (Fsp3) is 0.207. The zero-order valence-electron chi connectivity index (χ0n) is 20.0. The molecular weight excluding hydrogens is 440 g/mol. The van der Waals surface area contributed by atoms with Gasteiger partial charge in [-0.1, -0.05) is 43.0 Å². The molecule has 3 aromatic rings. The summed E-state index contributed by atoms with van der Waals surface area (Å²) in [6.45, 7) is 9.90. The van der Waals surface area contributed by atoms with Gasteiger partial charge in [-0.05, 0) is 39.3 Å². The number of para-hydroxylation sites is 2. The maximum Gasteiger partial charge on any atom is 0.333 e. The normalized spacial score (nSPS) is 16.9. The highest BCUT2D eigenvalue weighted by molar-refractivity contribution is 6.47. The van der Waals surface area contributed by atoms with Crippen LogP contribution in [0.5, 0.6) is 0 Å². The number of fused-ring (bicyclic) bond motifs is 2. The quantitative estimate of drug-likeness (QED) is 0.280. The molecule has 0 radical (unpaired) electrons. The van der Waals surface area contributed by atoms with Crippen LogP contribution in [0.15, 0.2) is 77.0 Å². The molecule has 0 spiro atoms. The van der Waals surface area contributed by atoms with Crippen LogP contribution in [0.4, 0.5) is 5.69 Å². The van der Waals surface area contributed by atoms with E-state index in [2.05, 4.69) is 16.1 Å². The number of aromatic nitrogens is 1. The minimum atomic E-state index is -0.400. The molecule has 2 aromatic carbocycles. The Kier molecular flexibility index (Phi) is 5.52. The number of ether oxygens (including phenoxy) is 1. The van der Waals surface area contributed by atoms with Crippen LogP contribution >= 0.6 is 0 Å². The first kappa shape index (κ1) is 22.6. The fourth-order valence-electron chi connectivity index (χ4n) is 4.94. The van der Waals surface area contributed by atoms with Crippen LogP contribution < -0.4 is 0 Å². The summed E-state index contributed by atoms with van der Waals surface area (Å²) in [6.07, 6.45) is 0.610. The van der Waals surface area contributed by atoms with Crippen molar-refractivity contribution in [2.24, 2.45) is 4.99 Å². The van der Waals surface area contributed by atoms with Crippen molar-refractivity contribution >= 4 is 45.2 Å². The van der Waals surface area contributed by atoms with Crippen molar-refractivity contribution in [2.75, 3.05) is 6.61 Å². The molecule has 0 saturated carbocycles. The van der Waals surface area contributed by atoms with Crippen molar-refractivity contribution in [3.63, 3.8) is 0 Å². The Labute approximate surface area is 203 Å². The van der Waals surface area contributed by atoms with E-state index in [4.69, 9.17) is 4.74 Å². The van der Waals surface area contributed by atoms with E-state index in [-0.39, 0.29) is 18.1 Å². The Morgan fingerprint density at radius 1 is 1.06 bits per heavy atom. The number of carbonyl (C=O) groups is 2. The number of aliphatic imine (C=N–C) groups is 1. The lowest BCUT2D eigenvalue weighted by Crippen LogP contribution is -2.24. The van der Waals surface area contributed by atoms with Gasteiger partial charge in [0.2, 0.25) is 5.78 Å². The Balaban J connectivity index is 1.54. The number of rotatable bonds is 6. The van der Waals surface area contributed by atoms with Gasteiger partial charge in [-0.15, -0.1) is 0 Å². The summed E-state index contributed by atoms with van der Waals surface area (Å²) >= 11 is 0. The van der Waals surface area contributed by atoms with Crippen LogP contribution in [-0.2, 0) is 20.9 Å². The number of aryl methyl sites for hydroxylation is 1. The van der Waals surface area contributed by atoms with Crippen LogP contribution in [0.25, 0.3) is 22.0 Å². The van der Waals surface area contributed by atoms with Crippen molar-refractivity contribution < 1.29 is 19.4 Å². The molecule has 5 rings (SSSR count). The van der Waals surface area contributed by atoms with E-state index in [9.17, 15) is 14.7 Å². The van der Waals surface area contributed by atoms with E-state index in [0.717, 1.165) is 39.1 Å². The predicted octanol–water partition coefficient (Wildman–Crippen LogP) is 5.87. The molecule has 0 bridgehead atoms. The number of esters is 1. The molecule has 2 aliphatic rings. The molecule has 1 aliphatic heterocycles. The van der Waals surface area contributed by atoms with Crippen LogP contribution in [-0.4, -0.2) is 33.7 Å². The van der Waals surface area contributed by atoms with Crippen molar-refractivity contribution in [3.05, 3.63) is 88.8 Å². The summed E-state index contributed by atoms with van der Waals surface area (Å²) in [5, 5.41) is 12.1. The lowest BCUT2D eigenvalue weighted by atomic mass is 9.78. The molecule has 0 amide bonds. The second kappa shape index (κ2) is 8.55. The van der Waals surface area contributed by atoms with Gasteiger partial charge < -0.3 is 14.4 Å². The maximum atomic E-state index is 13.5. The van der Waals surface area contributed by atoms with E-state index in [1.165, 1.54) is 0 Å². The Morgan fingerprint density at radius 3 is 2.51 bits per heavy atom. The van der Waals surface area contributed by atoms with Gasteiger partial charge in [-0.25, -0.2) is 4.79 Å². The standard InChI is InChI=1S/C29H26N2O4/c1-16(2)29(34)35-15-9-14-31-18(4)24(20-11-6-8-13-22(20)31)26-27(32)25(28(26)33)23-17(3)30-21-12-7-5-10-19(21)23/h5-8,10-13,32H,1,9,14-15H2,2-4H3/b25-23+. The molecule has 6 nitrogen and oxygen atoms in total. The van der Waals surface area contributed by atoms with E-state index < -0.39 is 5.97 Å². The highest BCUT2D eigenvalue weighted by Crippen LogP contribution is 2.47. The molecule has 176 valence electrons. The summed E-state index contributed by atoms with van der Waals surface area (Å²) in [6, 6.07) is 15.5. The number of allylic oxidation sites excluding steroid dienone is 3. The number of carbonyl (C=O) groups excluding carboxylic acids is 2. The SMILES string of the molecule is C=C(C)C(=O)OCCCn1c(C)c(C2=C(O)/C(=C3/C(C)=Nc4ccccc43)C2=O)c2ccccc21. The Morgan fingerprint density at radius 2 is 1.77 bits per heavy atom. The summed E-state index contributed by atoms with van der Waals surface area (Å²) in [5.41, 5.74) is 6.72. The van der Waals surface area contributed by atoms with Gasteiger partial charge in [0.25, 0.3) is 0 Å². The number of ketones is 1. The minimum absolute atomic E-state index is 0.0117. The summed E-state index contributed by atoms with van der Waals surface area (Å²) < 4.78 is 7.34. The van der Waals surface area contributed by atoms with Gasteiger partial charge in [0, 0.05) is 51.1 Å². The average Bonchev–Trinajstić information content (AvgIpc) is 3.31. The van der Waals surface area contributed by atoms with Gasteiger partial charge in [0.1, 0.15) is 5.76 Å². The lowest BCUT2D eigenvalue weighted by molar-refractivity contribution is -0.139. The molecule has 1 aromatic heterocycles. The predicted molar refractivity (Wildman–Crippen MR) is 138 cm³/mol. The Bertz CT molecular complexity index is 1530. The first-order chi connectivity index (χ1) is 16.8. The summed E-state index contributed by atoms with van der Waals surface area (Å²) in [7, 11) is 0. The monoisotopic (exact) mass is 466 g/mol. The summed E-state index contributed by atoms with van der Waals surface area (Å²) in [5.74, 6) is -0.564. The zero-order chi connectivity index (χ0) is 24.9.